The molecule has 0 saturated heterocycles. The summed E-state index contributed by atoms with van der Waals surface area (Å²) < 4.78 is 9.80. The van der Waals surface area contributed by atoms with Crippen LogP contribution in [0.15, 0.2) is 4.99 Å². The van der Waals surface area contributed by atoms with Gasteiger partial charge in [0.15, 0.2) is 5.96 Å². The second kappa shape index (κ2) is 30.7. The first-order valence-electron chi connectivity index (χ1n) is 20.6. The van der Waals surface area contributed by atoms with Gasteiger partial charge in [0.05, 0.1) is 13.5 Å². The number of carboxylic acids is 3. The number of aliphatic imine (C=N–C) groups is 1. The summed E-state index contributed by atoms with van der Waals surface area (Å²) in [6.45, 7) is 5.05. The predicted octanol–water partition coefficient (Wildman–Crippen LogP) is -3.01. The number of carbonyl (C=O) groups is 10. The average molecular weight is 918 g/mol. The highest BCUT2D eigenvalue weighted by atomic mass is 16.6. The Hall–Kier alpha value is -6.31. The second-order valence-electron chi connectivity index (χ2n) is 15.5. The summed E-state index contributed by atoms with van der Waals surface area (Å²) >= 11 is 0. The van der Waals surface area contributed by atoms with Gasteiger partial charge in [0, 0.05) is 19.4 Å². The van der Waals surface area contributed by atoms with Crippen LogP contribution in [0.4, 0.5) is 4.79 Å². The molecular weight excluding hydrogens is 850 g/mol. The van der Waals surface area contributed by atoms with E-state index < -0.39 is 133 Å². The van der Waals surface area contributed by atoms with Gasteiger partial charge in [-0.05, 0) is 98.1 Å². The van der Waals surface area contributed by atoms with E-state index in [0.717, 1.165) is 7.11 Å². The predicted molar refractivity (Wildman–Crippen MR) is 227 cm³/mol. The van der Waals surface area contributed by atoms with Gasteiger partial charge < -0.3 is 79.6 Å². The molecule has 0 aromatic rings. The number of hydrogen-bond acceptors (Lipinski definition) is 15. The molecule has 0 bridgehead atoms. The van der Waals surface area contributed by atoms with Gasteiger partial charge in [-0.15, -0.1) is 0 Å². The van der Waals surface area contributed by atoms with Crippen molar-refractivity contribution in [1.29, 1.82) is 0 Å². The summed E-state index contributed by atoms with van der Waals surface area (Å²) in [6, 6.07) is -9.08. The smallest absolute Gasteiger partial charge is 0.408 e. The normalized spacial score (nSPS) is 13.8. The first-order valence-corrected chi connectivity index (χ1v) is 20.6. The van der Waals surface area contributed by atoms with Crippen molar-refractivity contribution in [1.82, 2.24) is 31.9 Å². The molecule has 0 aliphatic rings. The van der Waals surface area contributed by atoms with Gasteiger partial charge in [-0.1, -0.05) is 0 Å². The van der Waals surface area contributed by atoms with Gasteiger partial charge in [-0.2, -0.15) is 0 Å². The van der Waals surface area contributed by atoms with Gasteiger partial charge in [-0.25, -0.2) is 9.59 Å². The van der Waals surface area contributed by atoms with E-state index in [-0.39, 0.29) is 64.1 Å². The van der Waals surface area contributed by atoms with Gasteiger partial charge in [-0.3, -0.25) is 43.3 Å². The van der Waals surface area contributed by atoms with Crippen molar-refractivity contribution < 1.29 is 72.7 Å². The lowest BCUT2D eigenvalue weighted by Crippen LogP contribution is -2.59. The minimum atomic E-state index is -1.68. The number of esters is 1. The second-order valence-corrected chi connectivity index (χ2v) is 15.5. The number of ether oxygens (including phenoxy) is 2. The molecule has 0 unspecified atom stereocenters. The third kappa shape index (κ3) is 26.2. The Morgan fingerprint density at radius 3 is 1.27 bits per heavy atom. The lowest BCUT2D eigenvalue weighted by Gasteiger charge is -2.28. The van der Waals surface area contributed by atoms with Crippen LogP contribution in [0.1, 0.15) is 104 Å². The zero-order valence-electron chi connectivity index (χ0n) is 36.8. The molecular formula is C38H67N11O15. The van der Waals surface area contributed by atoms with Crippen LogP contribution < -0.4 is 54.8 Å². The van der Waals surface area contributed by atoms with E-state index in [9.17, 15) is 58.2 Å². The fraction of sp³-hybridized carbons (Fsp3) is 0.711. The van der Waals surface area contributed by atoms with Gasteiger partial charge in [0.1, 0.15) is 41.9 Å². The Labute approximate surface area is 370 Å². The molecule has 0 saturated carbocycles. The molecule has 0 aliphatic carbocycles. The largest absolute Gasteiger partial charge is 0.481 e. The number of nitrogens with zero attached hydrogens (tertiary/aromatic N) is 1. The number of alkyl carbamates (subject to hydrolysis) is 1. The maximum atomic E-state index is 14.0. The fourth-order valence-corrected chi connectivity index (χ4v) is 5.69. The minimum absolute atomic E-state index is 0.0260. The van der Waals surface area contributed by atoms with Crippen LogP contribution in [0.3, 0.4) is 0 Å². The van der Waals surface area contributed by atoms with Crippen LogP contribution in [0, 0.1) is 0 Å². The first kappa shape index (κ1) is 57.7. The Bertz CT molecular complexity index is 1620. The SMILES string of the molecule is COC(=O)[C@H](CCC(=O)O)NC(=O)[C@H](CCC(=O)O)NC(=O)[C@H](CCCN=C(N)N)NC(=O)[C@H](CCCCN)NC(=O)[C@H](CCCCN)NC(=O)[C@H](CC(=O)O)NC(=O)OC(C)(C)C. The molecule has 0 aliphatic heterocycles. The van der Waals surface area contributed by atoms with Crippen molar-refractivity contribution in [3.8, 4) is 0 Å². The van der Waals surface area contributed by atoms with Crippen molar-refractivity contribution in [3.05, 3.63) is 0 Å². The summed E-state index contributed by atoms with van der Waals surface area (Å²) in [5.41, 5.74) is 21.2. The van der Waals surface area contributed by atoms with E-state index >= 15 is 0 Å². The number of amides is 6. The molecule has 0 radical (unpaired) electrons. The zero-order valence-corrected chi connectivity index (χ0v) is 36.8. The first-order chi connectivity index (χ1) is 29.9. The molecule has 6 amide bonds. The standard InChI is InChI=1S/C38H67N11O15/c1-38(2,3)64-37(62)49-26(20-29(54)55)34(60)46-22(11-6-8-18-40)31(57)44-21(10-5-7-17-39)30(56)45-23(12-9-19-43-36(41)42)32(58)47-24(13-15-27(50)51)33(59)48-25(35(61)63-4)14-16-28(52)53/h21-26H,5-20,39-40H2,1-4H3,(H,44,57)(H,45,56)(H,46,60)(H,47,58)(H,48,59)(H,49,62)(H,50,51)(H,52,53)(H,54,55)(H4,41,42,43)/t21-,22-,23-,24-,25-,26-/m0/s1. The monoisotopic (exact) mass is 917 g/mol. The van der Waals surface area contributed by atoms with E-state index in [1.807, 2.05) is 0 Å². The molecule has 17 N–H and O–H groups in total. The highest BCUT2D eigenvalue weighted by Crippen LogP contribution is 2.11. The van der Waals surface area contributed by atoms with E-state index in [1.165, 1.54) is 0 Å². The number of aliphatic carboxylic acids is 3. The van der Waals surface area contributed by atoms with Crippen molar-refractivity contribution in [2.24, 2.45) is 27.9 Å². The molecule has 6 atom stereocenters. The van der Waals surface area contributed by atoms with Crippen LogP contribution in [0.5, 0.6) is 0 Å². The Morgan fingerprint density at radius 2 is 0.906 bits per heavy atom. The van der Waals surface area contributed by atoms with Crippen LogP contribution >= 0.6 is 0 Å². The Morgan fingerprint density at radius 1 is 0.531 bits per heavy atom. The average Bonchev–Trinajstić information content (AvgIpc) is 3.19. The number of nitrogens with two attached hydrogens (primary N) is 4. The third-order valence-electron chi connectivity index (χ3n) is 8.85. The molecule has 0 spiro atoms. The molecule has 0 rings (SSSR count). The summed E-state index contributed by atoms with van der Waals surface area (Å²) in [6.07, 6.45) is -2.93. The highest BCUT2D eigenvalue weighted by Gasteiger charge is 2.34. The molecule has 364 valence electrons. The number of unbranched alkanes of at least 4 members (excludes halogenated alkanes) is 2. The zero-order chi connectivity index (χ0) is 49.0. The molecule has 26 nitrogen and oxygen atoms in total. The number of methoxy groups -OCH3 is 1. The van der Waals surface area contributed by atoms with Crippen LogP contribution in [0.2, 0.25) is 0 Å². The molecule has 64 heavy (non-hydrogen) atoms. The Kier molecular flexibility index (Phi) is 27.7. The summed E-state index contributed by atoms with van der Waals surface area (Å²) in [5, 5.41) is 42.3. The van der Waals surface area contributed by atoms with Gasteiger partial charge in [0.25, 0.3) is 0 Å². The van der Waals surface area contributed by atoms with E-state index in [2.05, 4.69) is 41.6 Å². The number of hydrogen-bond donors (Lipinski definition) is 13. The third-order valence-corrected chi connectivity index (χ3v) is 8.85. The van der Waals surface area contributed by atoms with Gasteiger partial charge >= 0.3 is 30.0 Å². The van der Waals surface area contributed by atoms with E-state index in [4.69, 9.17) is 32.8 Å². The molecule has 0 heterocycles. The van der Waals surface area contributed by atoms with Crippen LogP contribution in [0.25, 0.3) is 0 Å². The maximum absolute atomic E-state index is 14.0. The van der Waals surface area contributed by atoms with Gasteiger partial charge in [0.2, 0.25) is 29.5 Å². The fourth-order valence-electron chi connectivity index (χ4n) is 5.69. The Balaban J connectivity index is 6.74. The van der Waals surface area contributed by atoms with Crippen molar-refractivity contribution >= 4 is 65.5 Å². The van der Waals surface area contributed by atoms with Crippen molar-refractivity contribution in [2.75, 3.05) is 26.7 Å². The number of guanidine groups is 1. The van der Waals surface area contributed by atoms with Crippen molar-refractivity contribution in [2.45, 2.75) is 146 Å². The summed E-state index contributed by atoms with van der Waals surface area (Å²) in [5.74, 6) is -10.3. The molecule has 0 aromatic carbocycles. The number of rotatable bonds is 32. The topological polar surface area (TPSA) is 438 Å². The lowest BCUT2D eigenvalue weighted by molar-refractivity contribution is -0.146. The minimum Gasteiger partial charge on any atom is -0.481 e. The van der Waals surface area contributed by atoms with E-state index in [0.29, 0.717) is 12.8 Å². The molecule has 0 fully saturated rings. The maximum Gasteiger partial charge on any atom is 0.408 e. The summed E-state index contributed by atoms with van der Waals surface area (Å²) in [7, 11) is 0.996. The summed E-state index contributed by atoms with van der Waals surface area (Å²) in [4.78, 5) is 132. The quantitative estimate of drug-likeness (QED) is 0.0138. The molecule has 26 heteroatoms. The van der Waals surface area contributed by atoms with Crippen molar-refractivity contribution in [3.63, 3.8) is 0 Å². The number of carboxylic acid groups (broad SMARTS) is 3. The number of nitrogens with one attached hydrogen (secondary N) is 6. The van der Waals surface area contributed by atoms with E-state index in [1.54, 1.807) is 20.8 Å². The molecule has 0 aromatic heterocycles. The highest BCUT2D eigenvalue weighted by molar-refractivity contribution is 5.97. The number of carbonyl (C=O) groups excluding carboxylic acids is 7. The van der Waals surface area contributed by atoms with Crippen LogP contribution in [-0.4, -0.2) is 149 Å². The lowest BCUT2D eigenvalue weighted by atomic mass is 10.0. The van der Waals surface area contributed by atoms with Crippen LogP contribution in [-0.2, 0) is 52.6 Å².